The molecule has 0 amide bonds. The first-order valence-electron chi connectivity index (χ1n) is 6.88. The van der Waals surface area contributed by atoms with Gasteiger partial charge in [-0.3, -0.25) is 0 Å². The minimum absolute atomic E-state index is 0.0185. The number of aryl methyl sites for hydroxylation is 1. The van der Waals surface area contributed by atoms with E-state index < -0.39 is 0 Å². The Morgan fingerprint density at radius 1 is 1.10 bits per heavy atom. The van der Waals surface area contributed by atoms with Crippen LogP contribution < -0.4 is 10.1 Å². The quantitative estimate of drug-likeness (QED) is 0.774. The van der Waals surface area contributed by atoms with Gasteiger partial charge < -0.3 is 10.1 Å². The fraction of sp³-hybridized carbons (Fsp3) is 0.294. The van der Waals surface area contributed by atoms with Crippen molar-refractivity contribution in [1.82, 2.24) is 0 Å². The van der Waals surface area contributed by atoms with Crippen LogP contribution in [-0.4, -0.2) is 5.60 Å². The average Bonchev–Trinajstić information content (AvgIpc) is 2.67. The highest BCUT2D eigenvalue weighted by Gasteiger charge is 2.41. The van der Waals surface area contributed by atoms with E-state index in [-0.39, 0.29) is 11.6 Å². The van der Waals surface area contributed by atoms with E-state index in [1.807, 2.05) is 37.3 Å². The molecule has 1 N–H and O–H groups in total. The third kappa shape index (κ3) is 2.58. The molecular formula is C17H17Cl2NO. The van der Waals surface area contributed by atoms with Gasteiger partial charge in [0.1, 0.15) is 11.4 Å². The van der Waals surface area contributed by atoms with Crippen LogP contribution >= 0.6 is 23.2 Å². The Labute approximate surface area is 135 Å². The van der Waals surface area contributed by atoms with Crippen molar-refractivity contribution in [3.05, 3.63) is 57.6 Å². The Balaban J connectivity index is 1.99. The van der Waals surface area contributed by atoms with Crippen molar-refractivity contribution in [2.24, 2.45) is 0 Å². The van der Waals surface area contributed by atoms with E-state index in [2.05, 4.69) is 25.2 Å². The highest BCUT2D eigenvalue weighted by Crippen LogP contribution is 2.45. The number of fused-ring (bicyclic) bond motifs is 1. The Hall–Kier alpha value is -1.38. The zero-order valence-corrected chi connectivity index (χ0v) is 13.7. The van der Waals surface area contributed by atoms with Crippen LogP contribution in [0.25, 0.3) is 0 Å². The lowest BCUT2D eigenvalue weighted by molar-refractivity contribution is 0.118. The molecule has 4 heteroatoms. The van der Waals surface area contributed by atoms with E-state index in [9.17, 15) is 0 Å². The third-order valence-electron chi connectivity index (χ3n) is 3.85. The number of benzene rings is 2. The van der Waals surface area contributed by atoms with Gasteiger partial charge in [-0.05, 0) is 44.5 Å². The number of hydrogen-bond donors (Lipinski definition) is 1. The van der Waals surface area contributed by atoms with Crippen LogP contribution in [0, 0.1) is 6.92 Å². The lowest BCUT2D eigenvalue weighted by Crippen LogP contribution is -2.34. The van der Waals surface area contributed by atoms with Gasteiger partial charge in [0.15, 0.2) is 0 Å². The molecular weight excluding hydrogens is 305 g/mol. The van der Waals surface area contributed by atoms with Crippen molar-refractivity contribution in [3.8, 4) is 5.75 Å². The topological polar surface area (TPSA) is 21.3 Å². The highest BCUT2D eigenvalue weighted by atomic mass is 35.5. The van der Waals surface area contributed by atoms with Crippen LogP contribution in [0.2, 0.25) is 10.0 Å². The monoisotopic (exact) mass is 321 g/mol. The van der Waals surface area contributed by atoms with Crippen LogP contribution in [0.5, 0.6) is 5.75 Å². The number of nitrogens with one attached hydrogen (secondary N) is 1. The molecule has 0 saturated carbocycles. The van der Waals surface area contributed by atoms with Crippen molar-refractivity contribution in [2.75, 3.05) is 5.32 Å². The molecule has 3 rings (SSSR count). The minimum atomic E-state index is -0.357. The van der Waals surface area contributed by atoms with Crippen LogP contribution in [0.3, 0.4) is 0 Å². The molecule has 1 heterocycles. The van der Waals surface area contributed by atoms with Crippen molar-refractivity contribution in [3.63, 3.8) is 0 Å². The van der Waals surface area contributed by atoms with Gasteiger partial charge in [0, 0.05) is 10.6 Å². The Kier molecular flexibility index (Phi) is 3.54. The van der Waals surface area contributed by atoms with E-state index in [1.54, 1.807) is 0 Å². The molecule has 1 aliphatic rings. The normalized spacial score (nSPS) is 19.0. The van der Waals surface area contributed by atoms with Crippen LogP contribution in [0.15, 0.2) is 36.4 Å². The summed E-state index contributed by atoms with van der Waals surface area (Å²) in [6.07, 6.45) is 0. The number of anilines is 1. The molecule has 0 radical (unpaired) electrons. The second-order valence-corrected chi connectivity index (χ2v) is 6.72. The van der Waals surface area contributed by atoms with Crippen LogP contribution in [-0.2, 0) is 0 Å². The molecule has 0 spiro atoms. The second kappa shape index (κ2) is 5.11. The van der Waals surface area contributed by atoms with E-state index in [0.29, 0.717) is 10.0 Å². The van der Waals surface area contributed by atoms with Crippen molar-refractivity contribution < 1.29 is 4.74 Å². The third-order valence-corrected chi connectivity index (χ3v) is 4.57. The maximum atomic E-state index is 6.34. The summed E-state index contributed by atoms with van der Waals surface area (Å²) in [6.45, 7) is 6.07. The molecule has 0 aliphatic carbocycles. The summed E-state index contributed by atoms with van der Waals surface area (Å²) in [5.74, 6) is 0.911. The van der Waals surface area contributed by atoms with Gasteiger partial charge in [0.05, 0.1) is 16.8 Å². The van der Waals surface area contributed by atoms with Crippen molar-refractivity contribution in [2.45, 2.75) is 32.4 Å². The summed E-state index contributed by atoms with van der Waals surface area (Å²) < 4.78 is 6.03. The Morgan fingerprint density at radius 2 is 1.81 bits per heavy atom. The summed E-state index contributed by atoms with van der Waals surface area (Å²) in [5, 5.41) is 4.85. The van der Waals surface area contributed by atoms with E-state index in [1.165, 1.54) is 0 Å². The van der Waals surface area contributed by atoms with Gasteiger partial charge in [0.2, 0.25) is 0 Å². The molecule has 0 aromatic heterocycles. The molecule has 1 unspecified atom stereocenters. The molecule has 0 saturated heterocycles. The van der Waals surface area contributed by atoms with Gasteiger partial charge in [-0.2, -0.15) is 0 Å². The molecule has 1 atom stereocenters. The van der Waals surface area contributed by atoms with Gasteiger partial charge in [-0.25, -0.2) is 0 Å². The van der Waals surface area contributed by atoms with E-state index in [0.717, 1.165) is 22.6 Å². The van der Waals surface area contributed by atoms with E-state index in [4.69, 9.17) is 27.9 Å². The zero-order chi connectivity index (χ0) is 15.2. The molecule has 110 valence electrons. The molecule has 2 aromatic rings. The summed E-state index contributed by atoms with van der Waals surface area (Å²) in [4.78, 5) is 0. The second-order valence-electron chi connectivity index (χ2n) is 5.90. The predicted octanol–water partition coefficient (Wildman–Crippen LogP) is 5.63. The van der Waals surface area contributed by atoms with Crippen LogP contribution in [0.4, 0.5) is 5.69 Å². The van der Waals surface area contributed by atoms with Gasteiger partial charge in [0.25, 0.3) is 0 Å². The molecule has 2 nitrogen and oxygen atoms in total. The maximum absolute atomic E-state index is 6.34. The first-order valence-corrected chi connectivity index (χ1v) is 7.64. The summed E-state index contributed by atoms with van der Waals surface area (Å²) in [5.41, 5.74) is 2.57. The molecule has 0 fully saturated rings. The molecule has 21 heavy (non-hydrogen) atoms. The van der Waals surface area contributed by atoms with Crippen LogP contribution in [0.1, 0.15) is 31.0 Å². The number of ether oxygens (including phenoxy) is 1. The fourth-order valence-electron chi connectivity index (χ4n) is 2.69. The SMILES string of the molecule is Cc1cc(Cl)c(NC2c3ccccc3OC2(C)C)cc1Cl. The lowest BCUT2D eigenvalue weighted by Gasteiger charge is -2.28. The molecule has 0 bridgehead atoms. The highest BCUT2D eigenvalue weighted by molar-refractivity contribution is 6.35. The Morgan fingerprint density at radius 3 is 2.57 bits per heavy atom. The minimum Gasteiger partial charge on any atom is -0.485 e. The molecule has 2 aromatic carbocycles. The van der Waals surface area contributed by atoms with Gasteiger partial charge >= 0.3 is 0 Å². The summed E-state index contributed by atoms with van der Waals surface area (Å²) >= 11 is 12.6. The average molecular weight is 322 g/mol. The summed E-state index contributed by atoms with van der Waals surface area (Å²) in [6, 6.07) is 11.8. The summed E-state index contributed by atoms with van der Waals surface area (Å²) in [7, 11) is 0. The fourth-order valence-corrected chi connectivity index (χ4v) is 3.13. The zero-order valence-electron chi connectivity index (χ0n) is 12.2. The number of halogens is 2. The predicted molar refractivity (Wildman–Crippen MR) is 88.7 cm³/mol. The van der Waals surface area contributed by atoms with E-state index >= 15 is 0 Å². The van der Waals surface area contributed by atoms with Crippen molar-refractivity contribution >= 4 is 28.9 Å². The Bertz CT molecular complexity index is 697. The first kappa shape index (κ1) is 14.6. The lowest BCUT2D eigenvalue weighted by atomic mass is 9.94. The number of rotatable bonds is 2. The smallest absolute Gasteiger partial charge is 0.128 e. The van der Waals surface area contributed by atoms with Crippen molar-refractivity contribution in [1.29, 1.82) is 0 Å². The maximum Gasteiger partial charge on any atom is 0.128 e. The first-order chi connectivity index (χ1) is 9.88. The standard InChI is InChI=1S/C17H17Cl2NO/c1-10-8-13(19)14(9-12(10)18)20-16-11-6-4-5-7-15(11)21-17(16,2)3/h4-9,16,20H,1-3H3. The number of hydrogen-bond acceptors (Lipinski definition) is 2. The number of para-hydroxylation sites is 1. The van der Waals surface area contributed by atoms with Gasteiger partial charge in [-0.1, -0.05) is 41.4 Å². The molecule has 1 aliphatic heterocycles. The van der Waals surface area contributed by atoms with Gasteiger partial charge in [-0.15, -0.1) is 0 Å². The largest absolute Gasteiger partial charge is 0.485 e.